The minimum atomic E-state index is -2.63. The summed E-state index contributed by atoms with van der Waals surface area (Å²) in [6.07, 6.45) is 0. The van der Waals surface area contributed by atoms with E-state index in [9.17, 15) is 13.2 Å². The van der Waals surface area contributed by atoms with E-state index in [1.165, 1.54) is 6.07 Å². The van der Waals surface area contributed by atoms with Crippen LogP contribution >= 0.6 is 0 Å². The first-order valence-electron chi connectivity index (χ1n) is 3.98. The van der Waals surface area contributed by atoms with Crippen LogP contribution in [0, 0.1) is 17.5 Å². The molecule has 0 heterocycles. The van der Waals surface area contributed by atoms with Gasteiger partial charge in [0.1, 0.15) is 0 Å². The van der Waals surface area contributed by atoms with Crippen molar-refractivity contribution in [3.63, 3.8) is 0 Å². The summed E-state index contributed by atoms with van der Waals surface area (Å²) >= 11 is -2.63. The molecule has 0 fully saturated rings. The average Bonchev–Trinajstić information content (AvgIpc) is 1.98. The molecule has 0 saturated heterocycles. The fraction of sp³-hybridized carbons (Fsp3) is 0.333. The van der Waals surface area contributed by atoms with Crippen molar-refractivity contribution in [2.24, 2.45) is 0 Å². The maximum absolute atomic E-state index is 13.2. The molecule has 13 heavy (non-hydrogen) atoms. The van der Waals surface area contributed by atoms with E-state index in [1.54, 1.807) is 0 Å². The van der Waals surface area contributed by atoms with Gasteiger partial charge in [0, 0.05) is 0 Å². The molecule has 0 N–H and O–H groups in total. The summed E-state index contributed by atoms with van der Waals surface area (Å²) in [4.78, 5) is 5.85. The molecule has 0 spiro atoms. The van der Waals surface area contributed by atoms with Gasteiger partial charge in [-0.25, -0.2) is 0 Å². The molecule has 0 unspecified atom stereocenters. The van der Waals surface area contributed by atoms with Gasteiger partial charge in [-0.2, -0.15) is 0 Å². The van der Waals surface area contributed by atoms with Crippen molar-refractivity contribution in [1.29, 1.82) is 0 Å². The van der Waals surface area contributed by atoms with Crippen molar-refractivity contribution >= 4 is 22.0 Å². The number of hydrogen-bond acceptors (Lipinski definition) is 0. The van der Waals surface area contributed by atoms with Crippen LogP contribution in [0.3, 0.4) is 0 Å². The van der Waals surface area contributed by atoms with Crippen LogP contribution < -0.4 is 3.58 Å². The summed E-state index contributed by atoms with van der Waals surface area (Å²) in [5, 5.41) is 0. The normalized spacial score (nSPS) is 11.8. The Morgan fingerprint density at radius 2 is 1.46 bits per heavy atom. The Morgan fingerprint density at radius 1 is 0.923 bits per heavy atom. The third kappa shape index (κ3) is 2.18. The molecule has 0 bridgehead atoms. The van der Waals surface area contributed by atoms with Crippen LogP contribution in [-0.2, 0) is 0 Å². The molecular formula is C9H11F3Sn. The number of benzene rings is 1. The molecule has 4 heteroatoms. The second kappa shape index (κ2) is 3.52. The monoisotopic (exact) mass is 296 g/mol. The summed E-state index contributed by atoms with van der Waals surface area (Å²) in [5.41, 5.74) is 0. The maximum atomic E-state index is 13.2. The molecule has 0 atom stereocenters. The summed E-state index contributed by atoms with van der Waals surface area (Å²) in [7, 11) is 0. The van der Waals surface area contributed by atoms with E-state index in [4.69, 9.17) is 0 Å². The number of halogens is 3. The van der Waals surface area contributed by atoms with Crippen LogP contribution in [0.1, 0.15) is 0 Å². The van der Waals surface area contributed by atoms with Gasteiger partial charge < -0.3 is 0 Å². The van der Waals surface area contributed by atoms with Gasteiger partial charge in [0.15, 0.2) is 0 Å². The van der Waals surface area contributed by atoms with Gasteiger partial charge in [0.2, 0.25) is 0 Å². The predicted molar refractivity (Wildman–Crippen MR) is 49.3 cm³/mol. The summed E-state index contributed by atoms with van der Waals surface area (Å²) in [6.45, 7) is 0. The second-order valence-corrected chi connectivity index (χ2v) is 18.4. The second-order valence-electron chi connectivity index (χ2n) is 3.97. The van der Waals surface area contributed by atoms with E-state index in [-0.39, 0.29) is 0 Å². The molecule has 0 saturated carbocycles. The molecule has 0 aliphatic carbocycles. The molecular weight excluding hydrogens is 284 g/mol. The Morgan fingerprint density at radius 3 is 1.92 bits per heavy atom. The Balaban J connectivity index is 3.35. The molecule has 0 amide bonds. The Kier molecular flexibility index (Phi) is 2.94. The Bertz CT molecular complexity index is 328. The molecule has 1 rings (SSSR count). The van der Waals surface area contributed by atoms with E-state index in [1.807, 2.05) is 14.8 Å². The van der Waals surface area contributed by atoms with Crippen molar-refractivity contribution < 1.29 is 13.2 Å². The SMILES string of the molecule is [CH3][Sn]([CH3])([CH3])[c]1ccc(F)c(F)c1F. The van der Waals surface area contributed by atoms with Crippen LogP contribution in [-0.4, -0.2) is 18.4 Å². The summed E-state index contributed by atoms with van der Waals surface area (Å²) in [6, 6.07) is 2.36. The van der Waals surface area contributed by atoms with Crippen LogP contribution in [0.2, 0.25) is 14.8 Å². The van der Waals surface area contributed by atoms with E-state index < -0.39 is 35.8 Å². The van der Waals surface area contributed by atoms with E-state index in [0.29, 0.717) is 3.58 Å². The summed E-state index contributed by atoms with van der Waals surface area (Å²) in [5.74, 6) is -3.45. The van der Waals surface area contributed by atoms with E-state index in [2.05, 4.69) is 0 Å². The third-order valence-corrected chi connectivity index (χ3v) is 7.56. The molecule has 0 aliphatic heterocycles. The Hall–Kier alpha value is -0.191. The summed E-state index contributed by atoms with van der Waals surface area (Å²) < 4.78 is 39.0. The predicted octanol–water partition coefficient (Wildman–Crippen LogP) is 2.65. The van der Waals surface area contributed by atoms with Crippen LogP contribution in [0.25, 0.3) is 0 Å². The quantitative estimate of drug-likeness (QED) is 0.552. The molecule has 1 aromatic rings. The fourth-order valence-electron chi connectivity index (χ4n) is 1.11. The number of rotatable bonds is 1. The minimum absolute atomic E-state index is 0.396. The van der Waals surface area contributed by atoms with Crippen molar-refractivity contribution in [2.45, 2.75) is 14.8 Å². The first kappa shape index (κ1) is 10.9. The van der Waals surface area contributed by atoms with Crippen molar-refractivity contribution in [1.82, 2.24) is 0 Å². The average molecular weight is 295 g/mol. The van der Waals surface area contributed by atoms with E-state index >= 15 is 0 Å². The van der Waals surface area contributed by atoms with Gasteiger partial charge in [-0.05, 0) is 0 Å². The molecule has 1 aromatic carbocycles. The van der Waals surface area contributed by atoms with E-state index in [0.717, 1.165) is 6.07 Å². The molecule has 72 valence electrons. The van der Waals surface area contributed by atoms with Gasteiger partial charge in [-0.15, -0.1) is 0 Å². The number of hydrogen-bond donors (Lipinski definition) is 0. The molecule has 0 aromatic heterocycles. The molecule has 0 radical (unpaired) electrons. The van der Waals surface area contributed by atoms with Gasteiger partial charge in [-0.1, -0.05) is 0 Å². The van der Waals surface area contributed by atoms with Crippen molar-refractivity contribution in [3.05, 3.63) is 29.6 Å². The standard InChI is InChI=1S/C6H2F3.3CH3.Sn/c7-4-2-1-3-5(8)6(4)9;;;;/h1-2H;3*1H3;. The van der Waals surface area contributed by atoms with Crippen LogP contribution in [0.5, 0.6) is 0 Å². The first-order valence-corrected chi connectivity index (χ1v) is 14.0. The molecule has 0 aliphatic rings. The van der Waals surface area contributed by atoms with Gasteiger partial charge in [-0.3, -0.25) is 0 Å². The van der Waals surface area contributed by atoms with Crippen molar-refractivity contribution in [2.75, 3.05) is 0 Å². The molecule has 0 nitrogen and oxygen atoms in total. The zero-order valence-electron chi connectivity index (χ0n) is 7.79. The van der Waals surface area contributed by atoms with Gasteiger partial charge in [0.25, 0.3) is 0 Å². The fourth-order valence-corrected chi connectivity index (χ4v) is 4.96. The first-order chi connectivity index (χ1) is 5.84. The van der Waals surface area contributed by atoms with Crippen molar-refractivity contribution in [3.8, 4) is 0 Å². The zero-order valence-corrected chi connectivity index (χ0v) is 10.6. The van der Waals surface area contributed by atoms with Gasteiger partial charge in [0.05, 0.1) is 0 Å². The van der Waals surface area contributed by atoms with Crippen LogP contribution in [0.4, 0.5) is 13.2 Å². The third-order valence-electron chi connectivity index (χ3n) is 1.84. The van der Waals surface area contributed by atoms with Gasteiger partial charge >= 0.3 is 79.5 Å². The van der Waals surface area contributed by atoms with Crippen LogP contribution in [0.15, 0.2) is 12.1 Å². The zero-order chi connectivity index (χ0) is 10.2. The Labute approximate surface area is 79.6 Å². The topological polar surface area (TPSA) is 0 Å².